The van der Waals surface area contributed by atoms with Gasteiger partial charge in [0.1, 0.15) is 12.6 Å². The molecule has 7 heteroatoms. The fourth-order valence-corrected chi connectivity index (χ4v) is 2.87. The summed E-state index contributed by atoms with van der Waals surface area (Å²) >= 11 is 0. The molecule has 0 aromatic heterocycles. The third kappa shape index (κ3) is 8.05. The number of benzene rings is 2. The van der Waals surface area contributed by atoms with Gasteiger partial charge in [0.2, 0.25) is 5.91 Å². The maximum Gasteiger partial charge on any atom is 0.408 e. The van der Waals surface area contributed by atoms with Crippen LogP contribution in [0.4, 0.5) is 4.79 Å². The minimum atomic E-state index is -0.923. The predicted molar refractivity (Wildman–Crippen MR) is 112 cm³/mol. The summed E-state index contributed by atoms with van der Waals surface area (Å²) in [6, 6.07) is 17.1. The molecule has 2 unspecified atom stereocenters. The van der Waals surface area contributed by atoms with Crippen molar-refractivity contribution in [2.24, 2.45) is 0 Å². The van der Waals surface area contributed by atoms with Crippen LogP contribution in [0.3, 0.4) is 0 Å². The van der Waals surface area contributed by atoms with E-state index in [2.05, 4.69) is 10.6 Å². The highest BCUT2D eigenvalue weighted by atomic mass is 16.5. The minimum Gasteiger partial charge on any atom is -0.445 e. The van der Waals surface area contributed by atoms with Crippen molar-refractivity contribution in [2.45, 2.75) is 51.0 Å². The molecule has 0 spiro atoms. The van der Waals surface area contributed by atoms with Crippen LogP contribution in [-0.4, -0.2) is 41.6 Å². The summed E-state index contributed by atoms with van der Waals surface area (Å²) in [5.41, 5.74) is 1.77. The van der Waals surface area contributed by atoms with E-state index in [0.29, 0.717) is 6.42 Å². The van der Waals surface area contributed by atoms with Crippen LogP contribution < -0.4 is 10.6 Å². The molecule has 0 aliphatic heterocycles. The van der Waals surface area contributed by atoms with Gasteiger partial charge < -0.3 is 20.5 Å². The second-order valence-electron chi connectivity index (χ2n) is 6.98. The predicted octanol–water partition coefficient (Wildman–Crippen LogP) is 2.28. The van der Waals surface area contributed by atoms with Crippen molar-refractivity contribution in [3.05, 3.63) is 71.8 Å². The van der Waals surface area contributed by atoms with E-state index in [1.54, 1.807) is 6.29 Å². The number of ether oxygens (including phenoxy) is 1. The van der Waals surface area contributed by atoms with Crippen LogP contribution in [-0.2, 0) is 27.4 Å². The lowest BCUT2D eigenvalue weighted by Gasteiger charge is -2.25. The van der Waals surface area contributed by atoms with Gasteiger partial charge in [-0.2, -0.15) is 0 Å². The molecule has 0 fully saturated rings. The molecule has 3 atom stereocenters. The van der Waals surface area contributed by atoms with Gasteiger partial charge in [0.25, 0.3) is 0 Å². The Kier molecular flexibility index (Phi) is 9.54. The second kappa shape index (κ2) is 12.4. The summed E-state index contributed by atoms with van der Waals surface area (Å²) in [6.07, 6.45) is 0.757. The fourth-order valence-electron chi connectivity index (χ4n) is 2.87. The van der Waals surface area contributed by atoms with E-state index in [0.717, 1.165) is 11.1 Å². The lowest BCUT2D eigenvalue weighted by atomic mass is 9.98. The van der Waals surface area contributed by atoms with Gasteiger partial charge in [-0.05, 0) is 30.9 Å². The number of carbonyl (C=O) groups is 2. The van der Waals surface area contributed by atoms with Crippen LogP contribution in [0.15, 0.2) is 60.7 Å². The largest absolute Gasteiger partial charge is 0.445 e. The van der Waals surface area contributed by atoms with Gasteiger partial charge in [-0.1, -0.05) is 60.7 Å². The number of hydrogen-bond acceptors (Lipinski definition) is 5. The van der Waals surface area contributed by atoms with Crippen molar-refractivity contribution in [3.63, 3.8) is 0 Å². The normalized spacial score (nSPS) is 13.5. The maximum absolute atomic E-state index is 12.6. The molecule has 2 aromatic rings. The molecule has 0 heterocycles. The zero-order valence-electron chi connectivity index (χ0n) is 16.9. The van der Waals surface area contributed by atoms with Gasteiger partial charge >= 0.3 is 6.09 Å². The molecule has 0 saturated heterocycles. The second-order valence-corrected chi connectivity index (χ2v) is 6.98. The SMILES string of the molecule is C[C@H](NC(=O)OCc1ccccc1)C(=O)NC(Cc1ccccc1)C(O)CC[C]=O. The van der Waals surface area contributed by atoms with E-state index in [1.165, 1.54) is 6.92 Å². The molecule has 2 rings (SSSR count). The monoisotopic (exact) mass is 411 g/mol. The van der Waals surface area contributed by atoms with Gasteiger partial charge in [0.15, 0.2) is 6.29 Å². The van der Waals surface area contributed by atoms with Crippen molar-refractivity contribution in [1.29, 1.82) is 0 Å². The highest BCUT2D eigenvalue weighted by Crippen LogP contribution is 2.10. The lowest BCUT2D eigenvalue weighted by molar-refractivity contribution is -0.124. The Morgan fingerprint density at radius 2 is 1.60 bits per heavy atom. The van der Waals surface area contributed by atoms with Crippen molar-refractivity contribution >= 4 is 18.3 Å². The molecule has 0 aliphatic carbocycles. The zero-order valence-corrected chi connectivity index (χ0v) is 16.9. The first-order valence-corrected chi connectivity index (χ1v) is 9.84. The Morgan fingerprint density at radius 1 is 1.00 bits per heavy atom. The van der Waals surface area contributed by atoms with Crippen molar-refractivity contribution in [3.8, 4) is 0 Å². The van der Waals surface area contributed by atoms with Gasteiger partial charge in [-0.15, -0.1) is 0 Å². The summed E-state index contributed by atoms with van der Waals surface area (Å²) < 4.78 is 5.13. The minimum absolute atomic E-state index is 0.0714. The van der Waals surface area contributed by atoms with Gasteiger partial charge in [-0.3, -0.25) is 9.59 Å². The molecule has 2 amide bonds. The van der Waals surface area contributed by atoms with Crippen LogP contribution in [0, 0.1) is 0 Å². The maximum atomic E-state index is 12.6. The molecule has 0 aliphatic rings. The van der Waals surface area contributed by atoms with Crippen LogP contribution in [0.25, 0.3) is 0 Å². The number of nitrogens with one attached hydrogen (secondary N) is 2. The van der Waals surface area contributed by atoms with Gasteiger partial charge in [-0.25, -0.2) is 4.79 Å². The molecule has 1 radical (unpaired) electrons. The summed E-state index contributed by atoms with van der Waals surface area (Å²) in [6.45, 7) is 1.63. The van der Waals surface area contributed by atoms with Gasteiger partial charge in [0.05, 0.1) is 12.1 Å². The Balaban J connectivity index is 1.90. The van der Waals surface area contributed by atoms with Gasteiger partial charge in [0, 0.05) is 6.42 Å². The molecule has 0 saturated carbocycles. The van der Waals surface area contributed by atoms with E-state index in [9.17, 15) is 19.5 Å². The Hall–Kier alpha value is -3.19. The third-order valence-corrected chi connectivity index (χ3v) is 4.57. The first-order chi connectivity index (χ1) is 14.5. The summed E-state index contributed by atoms with van der Waals surface area (Å²) in [7, 11) is 0. The summed E-state index contributed by atoms with van der Waals surface area (Å²) in [5.74, 6) is -0.457. The zero-order chi connectivity index (χ0) is 21.8. The number of aliphatic hydroxyl groups is 1. The average molecular weight is 411 g/mol. The van der Waals surface area contributed by atoms with Crippen LogP contribution in [0.1, 0.15) is 30.9 Å². The van der Waals surface area contributed by atoms with E-state index >= 15 is 0 Å². The number of hydrogen-bond donors (Lipinski definition) is 3. The van der Waals surface area contributed by atoms with E-state index in [1.807, 2.05) is 60.7 Å². The van der Waals surface area contributed by atoms with Crippen molar-refractivity contribution < 1.29 is 24.2 Å². The van der Waals surface area contributed by atoms with Crippen molar-refractivity contribution in [1.82, 2.24) is 10.6 Å². The number of alkyl carbamates (subject to hydrolysis) is 1. The Bertz CT molecular complexity index is 798. The molecule has 2 aromatic carbocycles. The smallest absolute Gasteiger partial charge is 0.408 e. The third-order valence-electron chi connectivity index (χ3n) is 4.57. The molecule has 30 heavy (non-hydrogen) atoms. The Labute approximate surface area is 176 Å². The molecule has 7 nitrogen and oxygen atoms in total. The molecule has 159 valence electrons. The number of rotatable bonds is 11. The molecular formula is C23H27N2O5. The van der Waals surface area contributed by atoms with E-state index in [4.69, 9.17) is 4.74 Å². The fraction of sp³-hybridized carbons (Fsp3) is 0.348. The van der Waals surface area contributed by atoms with Crippen molar-refractivity contribution in [2.75, 3.05) is 0 Å². The van der Waals surface area contributed by atoms with Crippen LogP contribution >= 0.6 is 0 Å². The standard InChI is InChI=1S/C23H27N2O5/c1-17(24-23(29)30-16-19-11-6-3-7-12-19)22(28)25-20(21(27)13-8-14-26)15-18-9-4-2-5-10-18/h2-7,9-12,17,20-21,27H,8,13,15-16H2,1H3,(H,24,29)(H,25,28)/t17-,20?,21?/m0/s1. The van der Waals surface area contributed by atoms with Crippen LogP contribution in [0.2, 0.25) is 0 Å². The highest BCUT2D eigenvalue weighted by Gasteiger charge is 2.25. The average Bonchev–Trinajstić information content (AvgIpc) is 2.76. The highest BCUT2D eigenvalue weighted by molar-refractivity contribution is 5.85. The number of carbonyl (C=O) groups excluding carboxylic acids is 3. The molecule has 3 N–H and O–H groups in total. The number of aliphatic hydroxyl groups excluding tert-OH is 1. The first-order valence-electron chi connectivity index (χ1n) is 9.84. The van der Waals surface area contributed by atoms with E-state index < -0.39 is 30.2 Å². The van der Waals surface area contributed by atoms with E-state index in [-0.39, 0.29) is 19.4 Å². The Morgan fingerprint density at radius 3 is 2.20 bits per heavy atom. The molecular weight excluding hydrogens is 384 g/mol. The number of amides is 2. The summed E-state index contributed by atoms with van der Waals surface area (Å²) in [4.78, 5) is 35.1. The molecule has 0 bridgehead atoms. The summed E-state index contributed by atoms with van der Waals surface area (Å²) in [5, 5.41) is 15.7. The van der Waals surface area contributed by atoms with Crippen LogP contribution in [0.5, 0.6) is 0 Å². The lowest BCUT2D eigenvalue weighted by Crippen LogP contribution is -2.52. The topological polar surface area (TPSA) is 105 Å². The first kappa shape index (κ1) is 23.1. The quantitative estimate of drug-likeness (QED) is 0.526.